The first kappa shape index (κ1) is 12.4. The number of halogens is 1. The normalized spacial score (nSPS) is 14.6. The number of carbonyl (C=O) groups is 1. The number of benzene rings is 1. The third-order valence-electron chi connectivity index (χ3n) is 2.98. The van der Waals surface area contributed by atoms with Gasteiger partial charge in [-0.05, 0) is 37.0 Å². The first-order valence-corrected chi connectivity index (χ1v) is 6.73. The molecule has 0 atom stereocenters. The second-order valence-electron chi connectivity index (χ2n) is 4.50. The molecular weight excluding hydrogens is 282 g/mol. The van der Waals surface area contributed by atoms with Gasteiger partial charge in [0.2, 0.25) is 0 Å². The van der Waals surface area contributed by atoms with E-state index < -0.39 is 0 Å². The van der Waals surface area contributed by atoms with E-state index >= 15 is 0 Å². The summed E-state index contributed by atoms with van der Waals surface area (Å²) in [7, 11) is 0. The molecule has 4 heteroatoms. The highest BCUT2D eigenvalue weighted by molar-refractivity contribution is 9.10. The monoisotopic (exact) mass is 297 g/mol. The van der Waals surface area contributed by atoms with E-state index in [0.717, 1.165) is 16.8 Å². The van der Waals surface area contributed by atoms with E-state index in [9.17, 15) is 9.90 Å². The lowest BCUT2D eigenvalue weighted by molar-refractivity contribution is 0.0950. The van der Waals surface area contributed by atoms with Gasteiger partial charge in [0.25, 0.3) is 5.91 Å². The summed E-state index contributed by atoms with van der Waals surface area (Å²) >= 11 is 3.24. The standard InChI is InChI=1S/C13H16BrNO2/c14-10-5-6-11(12(16)8-10)13(17)15-7-1-2-9-3-4-9/h5-6,8-9,16H,1-4,7H2,(H,15,17). The Kier molecular flexibility index (Phi) is 4.05. The molecule has 0 spiro atoms. The lowest BCUT2D eigenvalue weighted by Crippen LogP contribution is -2.24. The highest BCUT2D eigenvalue weighted by Crippen LogP contribution is 2.33. The lowest BCUT2D eigenvalue weighted by Gasteiger charge is -2.06. The highest BCUT2D eigenvalue weighted by atomic mass is 79.9. The van der Waals surface area contributed by atoms with Crippen LogP contribution in [0, 0.1) is 5.92 Å². The van der Waals surface area contributed by atoms with Crippen molar-refractivity contribution in [3.05, 3.63) is 28.2 Å². The third-order valence-corrected chi connectivity index (χ3v) is 3.47. The molecule has 0 aromatic heterocycles. The molecule has 0 bridgehead atoms. The van der Waals surface area contributed by atoms with Gasteiger partial charge in [0.05, 0.1) is 5.56 Å². The summed E-state index contributed by atoms with van der Waals surface area (Å²) < 4.78 is 0.764. The van der Waals surface area contributed by atoms with Gasteiger partial charge in [0.15, 0.2) is 0 Å². The van der Waals surface area contributed by atoms with Crippen molar-refractivity contribution in [2.24, 2.45) is 5.92 Å². The molecule has 0 heterocycles. The Hall–Kier alpha value is -1.03. The maximum Gasteiger partial charge on any atom is 0.255 e. The van der Waals surface area contributed by atoms with Crippen LogP contribution in [0.3, 0.4) is 0 Å². The zero-order valence-corrected chi connectivity index (χ0v) is 11.2. The maximum atomic E-state index is 11.8. The Morgan fingerprint density at radius 3 is 2.88 bits per heavy atom. The molecule has 2 N–H and O–H groups in total. The zero-order valence-electron chi connectivity index (χ0n) is 9.58. The number of aromatic hydroxyl groups is 1. The Bertz CT molecular complexity index is 416. The van der Waals surface area contributed by atoms with E-state index in [4.69, 9.17) is 0 Å². The van der Waals surface area contributed by atoms with Crippen molar-refractivity contribution in [3.8, 4) is 5.75 Å². The van der Waals surface area contributed by atoms with Gasteiger partial charge in [-0.3, -0.25) is 4.79 Å². The van der Waals surface area contributed by atoms with Crippen LogP contribution in [0.4, 0.5) is 0 Å². The number of rotatable bonds is 5. The van der Waals surface area contributed by atoms with Crippen LogP contribution < -0.4 is 5.32 Å². The van der Waals surface area contributed by atoms with E-state index in [1.165, 1.54) is 25.3 Å². The minimum absolute atomic E-state index is 0.0130. The number of hydrogen-bond donors (Lipinski definition) is 2. The summed E-state index contributed by atoms with van der Waals surface area (Å²) in [5, 5.41) is 12.5. The van der Waals surface area contributed by atoms with Crippen LogP contribution in [-0.4, -0.2) is 17.6 Å². The van der Waals surface area contributed by atoms with Crippen LogP contribution in [0.1, 0.15) is 36.0 Å². The molecular formula is C13H16BrNO2. The third kappa shape index (κ3) is 3.73. The fourth-order valence-electron chi connectivity index (χ4n) is 1.79. The first-order chi connectivity index (χ1) is 8.16. The SMILES string of the molecule is O=C(NCCCC1CC1)c1ccc(Br)cc1O. The molecule has 0 radical (unpaired) electrons. The predicted octanol–water partition coefficient (Wildman–Crippen LogP) is 3.07. The molecule has 2 rings (SSSR count). The Morgan fingerprint density at radius 1 is 1.47 bits per heavy atom. The minimum Gasteiger partial charge on any atom is -0.507 e. The average molecular weight is 298 g/mol. The maximum absolute atomic E-state index is 11.8. The van der Waals surface area contributed by atoms with Gasteiger partial charge in [-0.1, -0.05) is 28.8 Å². The predicted molar refractivity (Wildman–Crippen MR) is 70.1 cm³/mol. The molecule has 1 fully saturated rings. The second kappa shape index (κ2) is 5.54. The van der Waals surface area contributed by atoms with Crippen molar-refractivity contribution >= 4 is 21.8 Å². The van der Waals surface area contributed by atoms with Gasteiger partial charge >= 0.3 is 0 Å². The number of amides is 1. The van der Waals surface area contributed by atoms with Gasteiger partial charge < -0.3 is 10.4 Å². The van der Waals surface area contributed by atoms with Crippen LogP contribution in [0.2, 0.25) is 0 Å². The summed E-state index contributed by atoms with van der Waals surface area (Å²) in [6, 6.07) is 4.90. The van der Waals surface area contributed by atoms with Crippen molar-refractivity contribution in [3.63, 3.8) is 0 Å². The van der Waals surface area contributed by atoms with Crippen LogP contribution in [0.5, 0.6) is 5.75 Å². The van der Waals surface area contributed by atoms with E-state index in [1.807, 2.05) is 0 Å². The molecule has 0 unspecified atom stereocenters. The van der Waals surface area contributed by atoms with Gasteiger partial charge in [-0.15, -0.1) is 0 Å². The van der Waals surface area contributed by atoms with Crippen molar-refractivity contribution < 1.29 is 9.90 Å². The number of phenolic OH excluding ortho intramolecular Hbond substituents is 1. The van der Waals surface area contributed by atoms with E-state index in [2.05, 4.69) is 21.2 Å². The average Bonchev–Trinajstić information content (AvgIpc) is 3.08. The van der Waals surface area contributed by atoms with E-state index in [1.54, 1.807) is 12.1 Å². The summed E-state index contributed by atoms with van der Waals surface area (Å²) in [6.45, 7) is 0.685. The summed E-state index contributed by atoms with van der Waals surface area (Å²) in [5.74, 6) is 0.706. The molecule has 17 heavy (non-hydrogen) atoms. The van der Waals surface area contributed by atoms with Crippen molar-refractivity contribution in [2.75, 3.05) is 6.54 Å². The highest BCUT2D eigenvalue weighted by Gasteiger charge is 2.20. The van der Waals surface area contributed by atoms with Crippen LogP contribution in [0.25, 0.3) is 0 Å². The lowest BCUT2D eigenvalue weighted by atomic mass is 10.2. The van der Waals surface area contributed by atoms with E-state index in [0.29, 0.717) is 12.1 Å². The summed E-state index contributed by atoms with van der Waals surface area (Å²) in [4.78, 5) is 11.8. The van der Waals surface area contributed by atoms with Crippen LogP contribution in [0.15, 0.2) is 22.7 Å². The molecule has 1 aromatic rings. The second-order valence-corrected chi connectivity index (χ2v) is 5.42. The number of phenols is 1. The van der Waals surface area contributed by atoms with Crippen LogP contribution in [-0.2, 0) is 0 Å². The van der Waals surface area contributed by atoms with Gasteiger partial charge in [0.1, 0.15) is 5.75 Å². The van der Waals surface area contributed by atoms with Gasteiger partial charge in [-0.25, -0.2) is 0 Å². The number of carbonyl (C=O) groups excluding carboxylic acids is 1. The molecule has 0 aliphatic heterocycles. The smallest absolute Gasteiger partial charge is 0.255 e. The first-order valence-electron chi connectivity index (χ1n) is 5.93. The molecule has 1 aliphatic carbocycles. The molecule has 1 aliphatic rings. The quantitative estimate of drug-likeness (QED) is 0.821. The summed E-state index contributed by atoms with van der Waals surface area (Å²) in [5.41, 5.74) is 0.333. The minimum atomic E-state index is -0.203. The fourth-order valence-corrected chi connectivity index (χ4v) is 2.14. The van der Waals surface area contributed by atoms with Gasteiger partial charge in [-0.2, -0.15) is 0 Å². The van der Waals surface area contributed by atoms with Crippen LogP contribution >= 0.6 is 15.9 Å². The molecule has 92 valence electrons. The fraction of sp³-hybridized carbons (Fsp3) is 0.462. The van der Waals surface area contributed by atoms with Crippen molar-refractivity contribution in [1.29, 1.82) is 0 Å². The number of nitrogens with one attached hydrogen (secondary N) is 1. The van der Waals surface area contributed by atoms with Crippen molar-refractivity contribution in [1.82, 2.24) is 5.32 Å². The number of hydrogen-bond acceptors (Lipinski definition) is 2. The molecule has 1 aromatic carbocycles. The molecule has 1 saturated carbocycles. The molecule has 0 saturated heterocycles. The Labute approximate surface area is 109 Å². The Morgan fingerprint density at radius 2 is 2.24 bits per heavy atom. The van der Waals surface area contributed by atoms with E-state index in [-0.39, 0.29) is 11.7 Å². The molecule has 1 amide bonds. The Balaban J connectivity index is 1.81. The van der Waals surface area contributed by atoms with Crippen molar-refractivity contribution in [2.45, 2.75) is 25.7 Å². The molecule has 3 nitrogen and oxygen atoms in total. The van der Waals surface area contributed by atoms with Gasteiger partial charge in [0, 0.05) is 11.0 Å². The largest absolute Gasteiger partial charge is 0.507 e. The summed E-state index contributed by atoms with van der Waals surface area (Å²) in [6.07, 6.45) is 4.92. The topological polar surface area (TPSA) is 49.3 Å². The zero-order chi connectivity index (χ0) is 12.3.